The molecule has 5 nitrogen and oxygen atoms in total. The van der Waals surface area contributed by atoms with E-state index in [1.165, 1.54) is 6.42 Å². The molecular weight excluding hydrogens is 431 g/mol. The fourth-order valence-corrected chi connectivity index (χ4v) is 7.09. The second kappa shape index (κ2) is 10.6. The number of benzene rings is 2. The first-order valence-electron chi connectivity index (χ1n) is 12.0. The van der Waals surface area contributed by atoms with E-state index in [0.29, 0.717) is 28.6 Å². The Labute approximate surface area is 200 Å². The topological polar surface area (TPSA) is 53.0 Å². The number of hydrogen-bond acceptors (Lipinski definition) is 5. The quantitative estimate of drug-likeness (QED) is 0.486. The summed E-state index contributed by atoms with van der Waals surface area (Å²) in [7, 11) is 4.28. The monoisotopic (exact) mass is 472 g/mol. The van der Waals surface area contributed by atoms with Crippen molar-refractivity contribution in [3.8, 4) is 0 Å². The van der Waals surface area contributed by atoms with Gasteiger partial charge in [0.05, 0.1) is 6.10 Å². The molecule has 5 atom stereocenters. The predicted octanol–water partition coefficient (Wildman–Crippen LogP) is 5.89. The van der Waals surface area contributed by atoms with Gasteiger partial charge in [0.15, 0.2) is 5.85 Å². The molecule has 1 fully saturated rings. The lowest BCUT2D eigenvalue weighted by atomic mass is 9.75. The molecule has 33 heavy (non-hydrogen) atoms. The fraction of sp³-hybridized carbons (Fsp3) is 0.556. The molecule has 0 heterocycles. The molecule has 2 aromatic rings. The molecule has 2 aromatic carbocycles. The van der Waals surface area contributed by atoms with E-state index >= 15 is 0 Å². The number of aliphatic hydroxyl groups excluding tert-OH is 1. The molecule has 0 aliphatic heterocycles. The van der Waals surface area contributed by atoms with Crippen molar-refractivity contribution in [2.45, 2.75) is 52.0 Å². The van der Waals surface area contributed by atoms with Crippen molar-refractivity contribution in [2.24, 2.45) is 17.8 Å². The average molecular weight is 473 g/mol. The smallest absolute Gasteiger partial charge is 0.264 e. The summed E-state index contributed by atoms with van der Waals surface area (Å²) in [4.78, 5) is 4.01. The molecule has 1 N–H and O–H groups in total. The number of aliphatic hydroxyl groups is 1. The van der Waals surface area contributed by atoms with Crippen LogP contribution in [-0.2, 0) is 9.09 Å². The molecule has 0 bridgehead atoms. The number of nitrogens with zero attached hydrogens (tertiary/aromatic N) is 2. The molecule has 182 valence electrons. The summed E-state index contributed by atoms with van der Waals surface area (Å²) < 4.78 is 21.2. The van der Waals surface area contributed by atoms with Crippen molar-refractivity contribution in [3.63, 3.8) is 0 Å². The Kier molecular flexibility index (Phi) is 8.31. The minimum Gasteiger partial charge on any atom is -0.378 e. The van der Waals surface area contributed by atoms with Gasteiger partial charge in [-0.05, 0) is 72.6 Å². The zero-order valence-electron chi connectivity index (χ0n) is 21.2. The highest BCUT2D eigenvalue weighted by molar-refractivity contribution is 7.67. The summed E-state index contributed by atoms with van der Waals surface area (Å²) in [6.45, 7) is 6.66. The van der Waals surface area contributed by atoms with Crippen LogP contribution in [0.15, 0.2) is 48.5 Å². The normalized spacial score (nSPS) is 23.7. The summed E-state index contributed by atoms with van der Waals surface area (Å²) in [6.07, 6.45) is 2.97. The zero-order valence-corrected chi connectivity index (χ0v) is 22.1. The lowest BCUT2D eigenvalue weighted by Crippen LogP contribution is -2.35. The van der Waals surface area contributed by atoms with Crippen LogP contribution in [0.25, 0.3) is 0 Å². The molecule has 0 amide bonds. The highest BCUT2D eigenvalue weighted by atomic mass is 31.2. The standard InChI is InChI=1S/C27H41N2O3P/c1-19(2)25-17-8-20(3)18-26(25)32-33(31,24-15-13-23(14-16-24)29(6)7)27(30)21-9-11-22(12-10-21)28(4)5/h9-16,19-20,25-27,30H,8,17-18H2,1-7H3/t20-,25-,26-,27-,33-/m1/s1. The molecule has 6 heteroatoms. The van der Waals surface area contributed by atoms with Crippen LogP contribution in [0.5, 0.6) is 0 Å². The Bertz CT molecular complexity index is 941. The minimum absolute atomic E-state index is 0.135. The van der Waals surface area contributed by atoms with E-state index < -0.39 is 13.2 Å². The molecule has 0 unspecified atom stereocenters. The van der Waals surface area contributed by atoms with Gasteiger partial charge in [0.2, 0.25) is 0 Å². The number of rotatable bonds is 8. The third kappa shape index (κ3) is 5.82. The fourth-order valence-electron chi connectivity index (χ4n) is 4.80. The van der Waals surface area contributed by atoms with Crippen LogP contribution in [0.4, 0.5) is 11.4 Å². The van der Waals surface area contributed by atoms with Crippen molar-refractivity contribution >= 4 is 24.0 Å². The summed E-state index contributed by atoms with van der Waals surface area (Å²) in [5.74, 6) is 0.0672. The van der Waals surface area contributed by atoms with E-state index in [9.17, 15) is 9.67 Å². The molecule has 0 saturated heterocycles. The van der Waals surface area contributed by atoms with Crippen LogP contribution >= 0.6 is 7.37 Å². The lowest BCUT2D eigenvalue weighted by molar-refractivity contribution is 0.0427. The van der Waals surface area contributed by atoms with Crippen molar-refractivity contribution in [3.05, 3.63) is 54.1 Å². The van der Waals surface area contributed by atoms with Crippen LogP contribution in [0, 0.1) is 17.8 Å². The third-order valence-corrected chi connectivity index (χ3v) is 9.55. The first-order valence-corrected chi connectivity index (χ1v) is 13.7. The van der Waals surface area contributed by atoms with E-state index in [-0.39, 0.29) is 6.10 Å². The minimum atomic E-state index is -3.62. The highest BCUT2D eigenvalue weighted by Crippen LogP contribution is 2.60. The average Bonchev–Trinajstić information content (AvgIpc) is 2.78. The Hall–Kier alpha value is -1.81. The second-order valence-electron chi connectivity index (χ2n) is 10.3. The molecular formula is C27H41N2O3P. The SMILES string of the molecule is CC(C)[C@H]1CC[C@@H](C)C[C@H]1O[P@](=O)(c1ccc(N(C)C)cc1)[C@@H](O)c1ccc(N(C)C)cc1. The van der Waals surface area contributed by atoms with E-state index in [1.54, 1.807) is 0 Å². The maximum Gasteiger partial charge on any atom is 0.264 e. The largest absolute Gasteiger partial charge is 0.378 e. The summed E-state index contributed by atoms with van der Waals surface area (Å²) >= 11 is 0. The van der Waals surface area contributed by atoms with Gasteiger partial charge in [0, 0.05) is 44.9 Å². The summed E-state index contributed by atoms with van der Waals surface area (Å²) in [5, 5.41) is 12.1. The molecule has 1 aliphatic carbocycles. The van der Waals surface area contributed by atoms with Gasteiger partial charge in [0.25, 0.3) is 7.37 Å². The Morgan fingerprint density at radius 2 is 1.42 bits per heavy atom. The van der Waals surface area contributed by atoms with Crippen LogP contribution < -0.4 is 15.1 Å². The van der Waals surface area contributed by atoms with Crippen molar-refractivity contribution < 1.29 is 14.2 Å². The zero-order chi connectivity index (χ0) is 24.3. The van der Waals surface area contributed by atoms with Gasteiger partial charge in [-0.1, -0.05) is 39.3 Å². The maximum atomic E-state index is 14.7. The highest BCUT2D eigenvalue weighted by Gasteiger charge is 2.42. The molecule has 0 radical (unpaired) electrons. The van der Waals surface area contributed by atoms with Gasteiger partial charge in [-0.25, -0.2) is 0 Å². The summed E-state index contributed by atoms with van der Waals surface area (Å²) in [5.41, 5.74) is 2.66. The van der Waals surface area contributed by atoms with Crippen molar-refractivity contribution in [2.75, 3.05) is 38.0 Å². The van der Waals surface area contributed by atoms with E-state index in [2.05, 4.69) is 20.8 Å². The molecule has 1 saturated carbocycles. The Balaban J connectivity index is 2.02. The lowest BCUT2D eigenvalue weighted by Gasteiger charge is -2.40. The maximum absolute atomic E-state index is 14.7. The molecule has 0 spiro atoms. The Morgan fingerprint density at radius 1 is 0.909 bits per heavy atom. The van der Waals surface area contributed by atoms with Crippen LogP contribution in [-0.4, -0.2) is 39.4 Å². The van der Waals surface area contributed by atoms with E-state index in [0.717, 1.165) is 24.2 Å². The first kappa shape index (κ1) is 25.8. The first-order chi connectivity index (χ1) is 15.5. The predicted molar refractivity (Wildman–Crippen MR) is 140 cm³/mol. The van der Waals surface area contributed by atoms with E-state index in [4.69, 9.17) is 4.52 Å². The van der Waals surface area contributed by atoms with Crippen molar-refractivity contribution in [1.82, 2.24) is 0 Å². The van der Waals surface area contributed by atoms with Gasteiger partial charge < -0.3 is 19.4 Å². The van der Waals surface area contributed by atoms with Gasteiger partial charge in [-0.2, -0.15) is 0 Å². The van der Waals surface area contributed by atoms with Crippen LogP contribution in [0.2, 0.25) is 0 Å². The Morgan fingerprint density at radius 3 is 1.91 bits per heavy atom. The van der Waals surface area contributed by atoms with Gasteiger partial charge in [-0.15, -0.1) is 0 Å². The summed E-state index contributed by atoms with van der Waals surface area (Å²) in [6, 6.07) is 15.2. The number of hydrogen-bond donors (Lipinski definition) is 1. The third-order valence-electron chi connectivity index (χ3n) is 7.01. The molecule has 0 aromatic heterocycles. The second-order valence-corrected chi connectivity index (χ2v) is 12.7. The van der Waals surface area contributed by atoms with Gasteiger partial charge in [-0.3, -0.25) is 4.57 Å². The number of anilines is 2. The molecule has 1 aliphatic rings. The molecule has 3 rings (SSSR count). The van der Waals surface area contributed by atoms with E-state index in [1.807, 2.05) is 86.5 Å². The van der Waals surface area contributed by atoms with Crippen LogP contribution in [0.1, 0.15) is 51.4 Å². The van der Waals surface area contributed by atoms with Crippen LogP contribution in [0.3, 0.4) is 0 Å². The van der Waals surface area contributed by atoms with Gasteiger partial charge >= 0.3 is 0 Å². The van der Waals surface area contributed by atoms with Crippen molar-refractivity contribution in [1.29, 1.82) is 0 Å². The van der Waals surface area contributed by atoms with Gasteiger partial charge in [0.1, 0.15) is 0 Å².